The second-order valence-electron chi connectivity index (χ2n) is 19.4. The third-order valence-electron chi connectivity index (χ3n) is 14.1. The van der Waals surface area contributed by atoms with E-state index in [1.165, 1.54) is 16.9 Å². The lowest BCUT2D eigenvalue weighted by atomic mass is 9.79. The molecule has 394 valence electrons. The number of halogens is 1. The Bertz CT molecular complexity index is 2670. The van der Waals surface area contributed by atoms with Gasteiger partial charge in [-0.3, -0.25) is 9.59 Å². The molecule has 3 aliphatic heterocycles. The van der Waals surface area contributed by atoms with Crippen molar-refractivity contribution in [2.45, 2.75) is 77.9 Å². The van der Waals surface area contributed by atoms with E-state index in [0.29, 0.717) is 65.6 Å². The quantitative estimate of drug-likeness (QED) is 0.0677. The van der Waals surface area contributed by atoms with Crippen molar-refractivity contribution in [1.29, 1.82) is 0 Å². The molecule has 4 aromatic rings. The number of fused-ring (bicyclic) bond motifs is 4. The minimum absolute atomic E-state index is 0.0574. The standard InChI is InChI=1S/C54H69ClN6O12/c1-11-14-47(62)57-40-23-34(17-18-43(40)71-52-33(4)31(2)32(3)49(73-52)51(64)68-10)30-70-53(65)59(7)19-20-60(8)54(66)72-44-27-42-48(38-16-13-12-15-37(38)44)36(28-55)29-61(42)50(63)41-24-35-25-46(69-22-21-58(5)6)45(67-9)26-39(35)56-41/h12-13,15-18,23,25-27,31-33,36,41,49,52,56H,11,14,19-22,24,28-30H2,1-10H3,(H,57,62)/t31-,32-,33+,36+,41?,49-,52-/m0/s1. The molecule has 7 atom stereocenters. The van der Waals surface area contributed by atoms with Gasteiger partial charge in [-0.25, -0.2) is 14.4 Å². The van der Waals surface area contributed by atoms with Crippen molar-refractivity contribution in [3.05, 3.63) is 77.4 Å². The highest BCUT2D eigenvalue weighted by atomic mass is 35.5. The molecule has 1 unspecified atom stereocenters. The van der Waals surface area contributed by atoms with Gasteiger partial charge in [0.05, 0.1) is 25.6 Å². The van der Waals surface area contributed by atoms with E-state index in [4.69, 9.17) is 44.8 Å². The molecule has 18 nitrogen and oxygen atoms in total. The zero-order valence-electron chi connectivity index (χ0n) is 43.5. The summed E-state index contributed by atoms with van der Waals surface area (Å²) in [6.45, 7) is 9.49. The molecule has 0 aliphatic carbocycles. The van der Waals surface area contributed by atoms with Crippen LogP contribution in [0.3, 0.4) is 0 Å². The molecule has 0 radical (unpaired) electrons. The normalized spacial score (nSPS) is 20.9. The van der Waals surface area contributed by atoms with Crippen LogP contribution in [0.5, 0.6) is 23.0 Å². The van der Waals surface area contributed by atoms with Crippen LogP contribution < -0.4 is 34.5 Å². The largest absolute Gasteiger partial charge is 0.493 e. The van der Waals surface area contributed by atoms with Crippen molar-refractivity contribution < 1.29 is 57.1 Å². The van der Waals surface area contributed by atoms with Crippen molar-refractivity contribution in [3.8, 4) is 23.0 Å². The molecule has 19 heteroatoms. The van der Waals surface area contributed by atoms with Gasteiger partial charge in [0.15, 0.2) is 17.6 Å². The van der Waals surface area contributed by atoms with E-state index in [-0.39, 0.29) is 73.2 Å². The van der Waals surface area contributed by atoms with Gasteiger partial charge in [-0.1, -0.05) is 58.0 Å². The number of benzene rings is 4. The zero-order chi connectivity index (χ0) is 52.7. The zero-order valence-corrected chi connectivity index (χ0v) is 44.2. The summed E-state index contributed by atoms with van der Waals surface area (Å²) in [5.41, 5.74) is 4.20. The van der Waals surface area contributed by atoms with Gasteiger partial charge in [0.2, 0.25) is 18.1 Å². The highest BCUT2D eigenvalue weighted by molar-refractivity contribution is 6.19. The number of nitrogens with zero attached hydrogens (tertiary/aromatic N) is 4. The third kappa shape index (κ3) is 12.3. The van der Waals surface area contributed by atoms with Gasteiger partial charge in [0, 0.05) is 94.0 Å². The van der Waals surface area contributed by atoms with Crippen LogP contribution in [-0.2, 0) is 41.6 Å². The number of ether oxygens (including phenoxy) is 7. The molecule has 0 spiro atoms. The highest BCUT2D eigenvalue weighted by Gasteiger charge is 2.45. The molecule has 0 saturated carbocycles. The Labute approximate surface area is 432 Å². The molecule has 0 bridgehead atoms. The van der Waals surface area contributed by atoms with Gasteiger partial charge in [-0.2, -0.15) is 0 Å². The second-order valence-corrected chi connectivity index (χ2v) is 19.7. The lowest BCUT2D eigenvalue weighted by molar-refractivity contribution is -0.221. The number of alkyl halides is 1. The van der Waals surface area contributed by atoms with Gasteiger partial charge < -0.3 is 63.4 Å². The number of hydrogen-bond donors (Lipinski definition) is 2. The Hall–Kier alpha value is -6.50. The SMILES string of the molecule is CCCC(=O)Nc1cc(COC(=O)N(C)CCN(C)C(=O)Oc2cc3c(c4ccccc24)[C@H](CCl)CN3C(=O)C2Cc3cc(OCCN(C)C)c(OC)cc3N2)ccc1O[C@H]1O[C@H](C(=O)OC)[C@@H](C)[C@H](C)[C@H]1C. The van der Waals surface area contributed by atoms with E-state index in [0.717, 1.165) is 28.7 Å². The first-order valence-corrected chi connectivity index (χ1v) is 25.3. The topological polar surface area (TPSA) is 187 Å². The van der Waals surface area contributed by atoms with Gasteiger partial charge in [-0.15, -0.1) is 11.6 Å². The molecule has 1 saturated heterocycles. The molecule has 3 aliphatic rings. The van der Waals surface area contributed by atoms with Crippen LogP contribution >= 0.6 is 11.6 Å². The number of anilines is 3. The average Bonchev–Trinajstić information content (AvgIpc) is 3.98. The van der Waals surface area contributed by atoms with Gasteiger partial charge in [0.25, 0.3) is 0 Å². The maximum atomic E-state index is 14.5. The predicted molar refractivity (Wildman–Crippen MR) is 278 cm³/mol. The summed E-state index contributed by atoms with van der Waals surface area (Å²) in [7, 11) is 9.99. The minimum Gasteiger partial charge on any atom is -0.493 e. The predicted octanol–water partition coefficient (Wildman–Crippen LogP) is 8.12. The summed E-state index contributed by atoms with van der Waals surface area (Å²) in [5, 5.41) is 7.82. The summed E-state index contributed by atoms with van der Waals surface area (Å²) in [6, 6.07) is 17.6. The summed E-state index contributed by atoms with van der Waals surface area (Å²) in [6.07, 6.45) is -1.60. The van der Waals surface area contributed by atoms with Crippen LogP contribution in [0.4, 0.5) is 26.7 Å². The van der Waals surface area contributed by atoms with Crippen LogP contribution in [-0.4, -0.2) is 144 Å². The lowest BCUT2D eigenvalue weighted by Crippen LogP contribution is -2.50. The number of carbonyl (C=O) groups excluding carboxylic acids is 5. The van der Waals surface area contributed by atoms with Crippen molar-refractivity contribution in [1.82, 2.24) is 14.7 Å². The Kier molecular flexibility index (Phi) is 17.9. The van der Waals surface area contributed by atoms with E-state index in [9.17, 15) is 24.0 Å². The summed E-state index contributed by atoms with van der Waals surface area (Å²) in [5.74, 6) is 0.887. The molecular formula is C54H69ClN6O12. The van der Waals surface area contributed by atoms with Gasteiger partial charge in [-0.05, 0) is 72.6 Å². The maximum Gasteiger partial charge on any atom is 0.415 e. The summed E-state index contributed by atoms with van der Waals surface area (Å²) in [4.78, 5) is 73.4. The molecular weight excluding hydrogens is 960 g/mol. The first-order valence-electron chi connectivity index (χ1n) is 24.8. The molecule has 73 heavy (non-hydrogen) atoms. The molecule has 4 amide bonds. The second kappa shape index (κ2) is 24.0. The third-order valence-corrected chi connectivity index (χ3v) is 14.5. The number of rotatable bonds is 19. The number of esters is 1. The van der Waals surface area contributed by atoms with Crippen LogP contribution in [0.1, 0.15) is 63.1 Å². The fraction of sp³-hybridized carbons (Fsp3) is 0.500. The molecule has 7 rings (SSSR count). The average molecular weight is 1030 g/mol. The molecule has 1 fully saturated rings. The van der Waals surface area contributed by atoms with E-state index >= 15 is 0 Å². The highest BCUT2D eigenvalue weighted by Crippen LogP contribution is 2.47. The Morgan fingerprint density at radius 3 is 2.25 bits per heavy atom. The van der Waals surface area contributed by atoms with Crippen molar-refractivity contribution >= 4 is 69.4 Å². The fourth-order valence-corrected chi connectivity index (χ4v) is 9.65. The van der Waals surface area contributed by atoms with Gasteiger partial charge >= 0.3 is 18.2 Å². The number of amides is 4. The Balaban J connectivity index is 0.986. The molecule has 3 heterocycles. The van der Waals surface area contributed by atoms with Crippen LogP contribution in [0.15, 0.2) is 60.7 Å². The van der Waals surface area contributed by atoms with Crippen LogP contribution in [0, 0.1) is 17.8 Å². The van der Waals surface area contributed by atoms with Crippen LogP contribution in [0.2, 0.25) is 0 Å². The van der Waals surface area contributed by atoms with Crippen LogP contribution in [0.25, 0.3) is 10.8 Å². The van der Waals surface area contributed by atoms with E-state index in [1.807, 2.05) is 83.1 Å². The number of carbonyl (C=O) groups is 5. The number of nitrogens with one attached hydrogen (secondary N) is 2. The molecule has 0 aromatic heterocycles. The smallest absolute Gasteiger partial charge is 0.415 e. The van der Waals surface area contributed by atoms with E-state index in [1.54, 1.807) is 50.4 Å². The monoisotopic (exact) mass is 1030 g/mol. The first kappa shape index (κ1) is 54.3. The van der Waals surface area contributed by atoms with E-state index < -0.39 is 36.6 Å². The number of methoxy groups -OCH3 is 2. The molecule has 4 aromatic carbocycles. The van der Waals surface area contributed by atoms with Crippen molar-refractivity contribution in [2.24, 2.45) is 17.8 Å². The van der Waals surface area contributed by atoms with Crippen molar-refractivity contribution in [3.63, 3.8) is 0 Å². The number of hydrogen-bond acceptors (Lipinski definition) is 14. The Morgan fingerprint density at radius 1 is 0.836 bits per heavy atom. The maximum absolute atomic E-state index is 14.5. The molecule has 2 N–H and O–H groups in total. The summed E-state index contributed by atoms with van der Waals surface area (Å²) < 4.78 is 40.9. The minimum atomic E-state index is -0.819. The van der Waals surface area contributed by atoms with E-state index in [2.05, 4.69) is 10.6 Å². The number of likely N-dealkylation sites (N-methyl/N-ethyl adjacent to an activating group) is 3. The van der Waals surface area contributed by atoms with Gasteiger partial charge in [0.1, 0.15) is 30.8 Å². The van der Waals surface area contributed by atoms with Crippen molar-refractivity contribution in [2.75, 3.05) is 96.6 Å². The lowest BCUT2D eigenvalue weighted by Gasteiger charge is -2.42. The first-order chi connectivity index (χ1) is 35.0. The summed E-state index contributed by atoms with van der Waals surface area (Å²) >= 11 is 6.60. The Morgan fingerprint density at radius 2 is 1.56 bits per heavy atom. The fourth-order valence-electron chi connectivity index (χ4n) is 9.40.